The van der Waals surface area contributed by atoms with Crippen molar-refractivity contribution < 1.29 is 9.47 Å². The Bertz CT molecular complexity index is 381. The molecule has 0 aromatic heterocycles. The van der Waals surface area contributed by atoms with Gasteiger partial charge < -0.3 is 14.8 Å². The minimum Gasteiger partial charge on any atom is -0.493 e. The smallest absolute Gasteiger partial charge is 0.124 e. The third-order valence-corrected chi connectivity index (χ3v) is 3.46. The van der Waals surface area contributed by atoms with Crippen molar-refractivity contribution in [3.05, 3.63) is 29.8 Å². The van der Waals surface area contributed by atoms with Gasteiger partial charge in [0, 0.05) is 37.8 Å². The van der Waals surface area contributed by atoms with E-state index in [1.807, 2.05) is 6.07 Å². The molecule has 1 heterocycles. The van der Waals surface area contributed by atoms with Crippen molar-refractivity contribution >= 4 is 0 Å². The fourth-order valence-corrected chi connectivity index (χ4v) is 2.48. The van der Waals surface area contributed by atoms with Crippen LogP contribution in [0.5, 0.6) is 5.75 Å². The molecule has 0 bridgehead atoms. The Kier molecular flexibility index (Phi) is 4.61. The first kappa shape index (κ1) is 13.4. The van der Waals surface area contributed by atoms with Gasteiger partial charge in [-0.3, -0.25) is 0 Å². The van der Waals surface area contributed by atoms with Crippen LogP contribution in [-0.4, -0.2) is 26.9 Å². The molecule has 2 rings (SSSR count). The topological polar surface area (TPSA) is 30.5 Å². The maximum absolute atomic E-state index is 5.76. The highest BCUT2D eigenvalue weighted by atomic mass is 16.5. The van der Waals surface area contributed by atoms with E-state index in [9.17, 15) is 0 Å². The summed E-state index contributed by atoms with van der Waals surface area (Å²) in [6, 6.07) is 8.69. The Morgan fingerprint density at radius 3 is 3.00 bits per heavy atom. The third-order valence-electron chi connectivity index (χ3n) is 3.46. The molecule has 0 saturated heterocycles. The van der Waals surface area contributed by atoms with Crippen molar-refractivity contribution in [2.45, 2.75) is 19.9 Å². The van der Waals surface area contributed by atoms with Crippen LogP contribution in [0, 0.1) is 11.8 Å². The van der Waals surface area contributed by atoms with Gasteiger partial charge in [0.2, 0.25) is 0 Å². The minimum absolute atomic E-state index is 0.384. The number of para-hydroxylation sites is 1. The molecular weight excluding hydrogens is 226 g/mol. The van der Waals surface area contributed by atoms with Crippen LogP contribution in [0.3, 0.4) is 0 Å². The van der Waals surface area contributed by atoms with Gasteiger partial charge in [0.05, 0.1) is 6.61 Å². The van der Waals surface area contributed by atoms with Crippen LogP contribution >= 0.6 is 0 Å². The largest absolute Gasteiger partial charge is 0.493 e. The summed E-state index contributed by atoms with van der Waals surface area (Å²) >= 11 is 0. The van der Waals surface area contributed by atoms with Gasteiger partial charge in [0.1, 0.15) is 5.75 Å². The number of methoxy groups -OCH3 is 1. The lowest BCUT2D eigenvalue weighted by Crippen LogP contribution is -2.36. The Hall–Kier alpha value is -1.06. The van der Waals surface area contributed by atoms with E-state index in [1.54, 1.807) is 7.11 Å². The molecule has 3 atom stereocenters. The highest BCUT2D eigenvalue weighted by Crippen LogP contribution is 2.34. The molecule has 0 aliphatic carbocycles. The first-order valence-electron chi connectivity index (χ1n) is 6.66. The second-order valence-corrected chi connectivity index (χ2v) is 5.27. The summed E-state index contributed by atoms with van der Waals surface area (Å²) in [5.74, 6) is 2.04. The van der Waals surface area contributed by atoms with Gasteiger partial charge in [-0.05, 0) is 12.0 Å². The number of nitrogens with one attached hydrogen (secondary N) is 1. The van der Waals surface area contributed by atoms with Crippen molar-refractivity contribution in [3.63, 3.8) is 0 Å². The van der Waals surface area contributed by atoms with Gasteiger partial charge in [-0.2, -0.15) is 0 Å². The highest BCUT2D eigenvalue weighted by Gasteiger charge is 2.27. The van der Waals surface area contributed by atoms with Crippen LogP contribution in [-0.2, 0) is 4.74 Å². The zero-order chi connectivity index (χ0) is 13.0. The summed E-state index contributed by atoms with van der Waals surface area (Å²) in [4.78, 5) is 0. The lowest BCUT2D eigenvalue weighted by molar-refractivity contribution is 0.146. The molecule has 18 heavy (non-hydrogen) atoms. The van der Waals surface area contributed by atoms with Gasteiger partial charge in [-0.1, -0.05) is 32.0 Å². The third kappa shape index (κ3) is 3.03. The Balaban J connectivity index is 2.03. The summed E-state index contributed by atoms with van der Waals surface area (Å²) in [6.45, 7) is 6.98. The second kappa shape index (κ2) is 6.21. The van der Waals surface area contributed by atoms with Crippen molar-refractivity contribution in [2.75, 3.05) is 26.9 Å². The maximum Gasteiger partial charge on any atom is 0.124 e. The van der Waals surface area contributed by atoms with Gasteiger partial charge in [0.25, 0.3) is 0 Å². The SMILES string of the molecule is COCC(C)CNC1c2ccccc2OCC1C. The van der Waals surface area contributed by atoms with E-state index in [4.69, 9.17) is 9.47 Å². The number of rotatable bonds is 5. The normalized spacial score (nSPS) is 24.2. The minimum atomic E-state index is 0.384. The van der Waals surface area contributed by atoms with Crippen molar-refractivity contribution in [2.24, 2.45) is 11.8 Å². The monoisotopic (exact) mass is 249 g/mol. The molecule has 1 aliphatic heterocycles. The molecule has 0 spiro atoms. The summed E-state index contributed by atoms with van der Waals surface area (Å²) in [6.07, 6.45) is 0. The molecule has 1 aromatic rings. The predicted molar refractivity (Wildman–Crippen MR) is 72.9 cm³/mol. The molecule has 0 fully saturated rings. The van der Waals surface area contributed by atoms with Crippen LogP contribution in [0.15, 0.2) is 24.3 Å². The van der Waals surface area contributed by atoms with E-state index in [0.29, 0.717) is 17.9 Å². The van der Waals surface area contributed by atoms with Crippen LogP contribution < -0.4 is 10.1 Å². The first-order chi connectivity index (χ1) is 8.72. The van der Waals surface area contributed by atoms with E-state index in [0.717, 1.165) is 25.5 Å². The maximum atomic E-state index is 5.76. The fourth-order valence-electron chi connectivity index (χ4n) is 2.48. The molecule has 0 amide bonds. The Morgan fingerprint density at radius 2 is 2.22 bits per heavy atom. The molecular formula is C15H23NO2. The number of hydrogen-bond donors (Lipinski definition) is 1. The highest BCUT2D eigenvalue weighted by molar-refractivity contribution is 5.37. The average Bonchev–Trinajstić information content (AvgIpc) is 2.38. The lowest BCUT2D eigenvalue weighted by atomic mass is 9.91. The molecule has 1 aromatic carbocycles. The fraction of sp³-hybridized carbons (Fsp3) is 0.600. The summed E-state index contributed by atoms with van der Waals surface area (Å²) in [5, 5.41) is 3.65. The van der Waals surface area contributed by atoms with E-state index in [2.05, 4.69) is 37.4 Å². The van der Waals surface area contributed by atoms with E-state index < -0.39 is 0 Å². The first-order valence-corrected chi connectivity index (χ1v) is 6.66. The second-order valence-electron chi connectivity index (χ2n) is 5.27. The molecule has 3 nitrogen and oxygen atoms in total. The van der Waals surface area contributed by atoms with Crippen LogP contribution in [0.2, 0.25) is 0 Å². The van der Waals surface area contributed by atoms with Crippen molar-refractivity contribution in [3.8, 4) is 5.75 Å². The number of fused-ring (bicyclic) bond motifs is 1. The number of ether oxygens (including phenoxy) is 2. The zero-order valence-electron chi connectivity index (χ0n) is 11.5. The standard InChI is InChI=1S/C15H23NO2/c1-11(9-17-3)8-16-15-12(2)10-18-14-7-5-4-6-13(14)15/h4-7,11-12,15-16H,8-10H2,1-3H3. The van der Waals surface area contributed by atoms with Gasteiger partial charge >= 0.3 is 0 Å². The van der Waals surface area contributed by atoms with Gasteiger partial charge in [-0.25, -0.2) is 0 Å². The van der Waals surface area contributed by atoms with E-state index in [-0.39, 0.29) is 0 Å². The van der Waals surface area contributed by atoms with Crippen LogP contribution in [0.25, 0.3) is 0 Å². The molecule has 3 heteroatoms. The van der Waals surface area contributed by atoms with Gasteiger partial charge in [-0.15, -0.1) is 0 Å². The predicted octanol–water partition coefficient (Wildman–Crippen LogP) is 2.63. The van der Waals surface area contributed by atoms with Gasteiger partial charge in [0.15, 0.2) is 0 Å². The summed E-state index contributed by atoms with van der Waals surface area (Å²) < 4.78 is 10.9. The number of benzene rings is 1. The van der Waals surface area contributed by atoms with Crippen LogP contribution in [0.1, 0.15) is 25.5 Å². The van der Waals surface area contributed by atoms with Crippen molar-refractivity contribution in [1.29, 1.82) is 0 Å². The molecule has 100 valence electrons. The Morgan fingerprint density at radius 1 is 1.44 bits per heavy atom. The zero-order valence-corrected chi connectivity index (χ0v) is 11.5. The lowest BCUT2D eigenvalue weighted by Gasteiger charge is -2.33. The van der Waals surface area contributed by atoms with E-state index in [1.165, 1.54) is 5.56 Å². The summed E-state index contributed by atoms with van der Waals surface area (Å²) in [7, 11) is 1.75. The quantitative estimate of drug-likeness (QED) is 0.870. The molecule has 3 unspecified atom stereocenters. The van der Waals surface area contributed by atoms with E-state index >= 15 is 0 Å². The molecule has 0 saturated carbocycles. The molecule has 0 radical (unpaired) electrons. The summed E-state index contributed by atoms with van der Waals surface area (Å²) in [5.41, 5.74) is 1.28. The Labute approximate surface area is 109 Å². The van der Waals surface area contributed by atoms with Crippen LogP contribution in [0.4, 0.5) is 0 Å². The molecule has 1 aliphatic rings. The number of hydrogen-bond acceptors (Lipinski definition) is 3. The van der Waals surface area contributed by atoms with Crippen molar-refractivity contribution in [1.82, 2.24) is 5.32 Å². The average molecular weight is 249 g/mol. The molecule has 1 N–H and O–H groups in total.